The Morgan fingerprint density at radius 1 is 0.963 bits per heavy atom. The summed E-state index contributed by atoms with van der Waals surface area (Å²) in [6.45, 7) is 0. The van der Waals surface area contributed by atoms with Crippen LogP contribution in [0.3, 0.4) is 0 Å². The van der Waals surface area contributed by atoms with Crippen LogP contribution in [-0.4, -0.2) is 21.5 Å². The van der Waals surface area contributed by atoms with Crippen LogP contribution in [0.4, 0.5) is 4.39 Å². The number of aromatic nitrogens is 2. The van der Waals surface area contributed by atoms with Crippen molar-refractivity contribution in [2.24, 2.45) is 0 Å². The second-order valence-corrected chi connectivity index (χ2v) is 7.53. The van der Waals surface area contributed by atoms with Gasteiger partial charge in [-0.2, -0.15) is 0 Å². The van der Waals surface area contributed by atoms with E-state index >= 15 is 0 Å². The van der Waals surface area contributed by atoms with Gasteiger partial charge in [0.2, 0.25) is 0 Å². The molecule has 1 aromatic heterocycles. The number of hydrogen-bond acceptors (Lipinski definition) is 4. The Kier molecular flexibility index (Phi) is 5.30. The molecule has 136 valence electrons. The molecule has 0 saturated carbocycles. The summed E-state index contributed by atoms with van der Waals surface area (Å²) in [6.07, 6.45) is 4.17. The first-order valence-corrected chi connectivity index (χ1v) is 10.1. The van der Waals surface area contributed by atoms with E-state index < -0.39 is 0 Å². The summed E-state index contributed by atoms with van der Waals surface area (Å²) in [4.78, 5) is 22.0. The summed E-state index contributed by atoms with van der Waals surface area (Å²) in [7, 11) is 0. The fourth-order valence-electron chi connectivity index (χ4n) is 3.25. The summed E-state index contributed by atoms with van der Waals surface area (Å²) < 4.78 is 13.1. The van der Waals surface area contributed by atoms with Crippen molar-refractivity contribution in [1.29, 1.82) is 0 Å². The van der Waals surface area contributed by atoms with Crippen molar-refractivity contribution in [3.8, 4) is 11.4 Å². The summed E-state index contributed by atoms with van der Waals surface area (Å²) in [5.74, 6) is 0.637. The van der Waals surface area contributed by atoms with Gasteiger partial charge in [-0.05, 0) is 49.9 Å². The zero-order valence-corrected chi connectivity index (χ0v) is 15.6. The average Bonchev–Trinajstić information content (AvgIpc) is 2.72. The van der Waals surface area contributed by atoms with Crippen LogP contribution < -0.4 is 0 Å². The monoisotopic (exact) mass is 378 g/mol. The molecule has 4 rings (SSSR count). The van der Waals surface area contributed by atoms with Crippen LogP contribution in [0.15, 0.2) is 59.6 Å². The molecular weight excluding hydrogens is 359 g/mol. The summed E-state index contributed by atoms with van der Waals surface area (Å²) in [5, 5.41) is 0.897. The Morgan fingerprint density at radius 3 is 2.48 bits per heavy atom. The van der Waals surface area contributed by atoms with Crippen LogP contribution in [-0.2, 0) is 12.8 Å². The number of aryl methyl sites for hydroxylation is 1. The van der Waals surface area contributed by atoms with Gasteiger partial charge in [0.15, 0.2) is 11.6 Å². The second-order valence-electron chi connectivity index (χ2n) is 6.57. The number of rotatable bonds is 5. The number of fused-ring (bicyclic) bond motifs is 1. The lowest BCUT2D eigenvalue weighted by atomic mass is 9.97. The van der Waals surface area contributed by atoms with Gasteiger partial charge in [-0.3, -0.25) is 4.79 Å². The maximum atomic E-state index is 13.1. The van der Waals surface area contributed by atoms with E-state index in [1.165, 1.54) is 41.6 Å². The SMILES string of the molecule is O=C(CSc1nc(-c2ccccc2)nc2c1CCCC2)c1ccc(F)cc1. The third-order valence-electron chi connectivity index (χ3n) is 4.68. The van der Waals surface area contributed by atoms with E-state index in [0.717, 1.165) is 42.0 Å². The molecule has 27 heavy (non-hydrogen) atoms. The van der Waals surface area contributed by atoms with Crippen molar-refractivity contribution in [3.63, 3.8) is 0 Å². The van der Waals surface area contributed by atoms with Crippen LogP contribution in [0.5, 0.6) is 0 Å². The molecule has 0 bridgehead atoms. The number of benzene rings is 2. The van der Waals surface area contributed by atoms with E-state index in [1.54, 1.807) is 0 Å². The average molecular weight is 378 g/mol. The van der Waals surface area contributed by atoms with Gasteiger partial charge in [0.1, 0.15) is 10.8 Å². The number of hydrogen-bond donors (Lipinski definition) is 0. The second kappa shape index (κ2) is 8.01. The van der Waals surface area contributed by atoms with Gasteiger partial charge in [-0.1, -0.05) is 42.1 Å². The van der Waals surface area contributed by atoms with Gasteiger partial charge in [-0.25, -0.2) is 14.4 Å². The van der Waals surface area contributed by atoms with Crippen molar-refractivity contribution in [1.82, 2.24) is 9.97 Å². The number of thioether (sulfide) groups is 1. The normalized spacial score (nSPS) is 13.2. The Hall–Kier alpha value is -2.53. The molecule has 3 aromatic rings. The summed E-state index contributed by atoms with van der Waals surface area (Å²) >= 11 is 1.46. The molecular formula is C22H19FN2OS. The van der Waals surface area contributed by atoms with E-state index in [1.807, 2.05) is 30.3 Å². The molecule has 1 heterocycles. The van der Waals surface area contributed by atoms with Gasteiger partial charge < -0.3 is 0 Å². The maximum Gasteiger partial charge on any atom is 0.173 e. The Balaban J connectivity index is 1.61. The predicted molar refractivity (Wildman–Crippen MR) is 106 cm³/mol. The molecule has 2 aromatic carbocycles. The fraction of sp³-hybridized carbons (Fsp3) is 0.227. The summed E-state index contributed by atoms with van der Waals surface area (Å²) in [6, 6.07) is 15.6. The molecule has 0 saturated heterocycles. The molecule has 5 heteroatoms. The highest BCUT2D eigenvalue weighted by Crippen LogP contribution is 2.31. The zero-order valence-electron chi connectivity index (χ0n) is 14.8. The number of Topliss-reactive ketones (excluding diaryl/α,β-unsaturated/α-hetero) is 1. The molecule has 0 aliphatic heterocycles. The number of ketones is 1. The van der Waals surface area contributed by atoms with E-state index in [9.17, 15) is 9.18 Å². The first kappa shape index (κ1) is 17.9. The van der Waals surface area contributed by atoms with Gasteiger partial charge in [0.25, 0.3) is 0 Å². The predicted octanol–water partition coefficient (Wildman–Crippen LogP) is 5.14. The number of halogens is 1. The van der Waals surface area contributed by atoms with Gasteiger partial charge in [0, 0.05) is 22.4 Å². The molecule has 0 amide bonds. The van der Waals surface area contributed by atoms with Crippen molar-refractivity contribution < 1.29 is 9.18 Å². The quantitative estimate of drug-likeness (QED) is 0.350. The van der Waals surface area contributed by atoms with Crippen LogP contribution in [0.2, 0.25) is 0 Å². The Labute approximate surface area is 162 Å². The van der Waals surface area contributed by atoms with Crippen molar-refractivity contribution in [2.75, 3.05) is 5.75 Å². The largest absolute Gasteiger partial charge is 0.293 e. The molecule has 1 aliphatic rings. The lowest BCUT2D eigenvalue weighted by molar-refractivity contribution is 0.102. The number of carbonyl (C=O) groups is 1. The smallest absolute Gasteiger partial charge is 0.173 e. The highest BCUT2D eigenvalue weighted by Gasteiger charge is 2.19. The van der Waals surface area contributed by atoms with E-state index in [0.29, 0.717) is 11.4 Å². The van der Waals surface area contributed by atoms with Gasteiger partial charge in [-0.15, -0.1) is 0 Å². The van der Waals surface area contributed by atoms with E-state index in [2.05, 4.69) is 0 Å². The number of carbonyl (C=O) groups excluding carboxylic acids is 1. The first-order valence-electron chi connectivity index (χ1n) is 9.07. The van der Waals surface area contributed by atoms with Gasteiger partial charge >= 0.3 is 0 Å². The van der Waals surface area contributed by atoms with Crippen LogP contribution >= 0.6 is 11.8 Å². The molecule has 0 spiro atoms. The highest BCUT2D eigenvalue weighted by molar-refractivity contribution is 8.00. The number of nitrogens with zero attached hydrogens (tertiary/aromatic N) is 2. The van der Waals surface area contributed by atoms with E-state index in [4.69, 9.17) is 9.97 Å². The third kappa shape index (κ3) is 4.08. The Morgan fingerprint density at radius 2 is 1.70 bits per heavy atom. The van der Waals surface area contributed by atoms with Crippen molar-refractivity contribution in [3.05, 3.63) is 77.2 Å². The maximum absolute atomic E-state index is 13.1. The molecule has 0 atom stereocenters. The first-order chi connectivity index (χ1) is 13.2. The molecule has 3 nitrogen and oxygen atoms in total. The molecule has 0 radical (unpaired) electrons. The highest BCUT2D eigenvalue weighted by atomic mass is 32.2. The molecule has 1 aliphatic carbocycles. The van der Waals surface area contributed by atoms with Gasteiger partial charge in [0.05, 0.1) is 5.75 Å². The minimum absolute atomic E-state index is 0.0237. The minimum Gasteiger partial charge on any atom is -0.293 e. The van der Waals surface area contributed by atoms with Crippen molar-refractivity contribution in [2.45, 2.75) is 30.7 Å². The topological polar surface area (TPSA) is 42.9 Å². The lowest BCUT2D eigenvalue weighted by Gasteiger charge is -2.18. The van der Waals surface area contributed by atoms with Crippen LogP contribution in [0.1, 0.15) is 34.5 Å². The molecule has 0 unspecified atom stereocenters. The third-order valence-corrected chi connectivity index (χ3v) is 5.70. The van der Waals surface area contributed by atoms with Crippen LogP contribution in [0, 0.1) is 5.82 Å². The molecule has 0 fully saturated rings. The minimum atomic E-state index is -0.337. The van der Waals surface area contributed by atoms with Crippen LogP contribution in [0.25, 0.3) is 11.4 Å². The lowest BCUT2D eigenvalue weighted by Crippen LogP contribution is -2.11. The standard InChI is InChI=1S/C22H19FN2OS/c23-17-12-10-15(11-13-17)20(26)14-27-22-18-8-4-5-9-19(18)24-21(25-22)16-6-2-1-3-7-16/h1-3,6-7,10-13H,4-5,8-9,14H2. The summed E-state index contributed by atoms with van der Waals surface area (Å²) in [5.41, 5.74) is 3.79. The zero-order chi connectivity index (χ0) is 18.6. The Bertz CT molecular complexity index is 958. The molecule has 0 N–H and O–H groups in total. The van der Waals surface area contributed by atoms with Crippen molar-refractivity contribution >= 4 is 17.5 Å². The fourth-order valence-corrected chi connectivity index (χ4v) is 4.23. The van der Waals surface area contributed by atoms with E-state index in [-0.39, 0.29) is 17.4 Å².